The molecule has 0 aliphatic heterocycles. The molecule has 36 heavy (non-hydrogen) atoms. The summed E-state index contributed by atoms with van der Waals surface area (Å²) in [5, 5.41) is 14.7. The van der Waals surface area contributed by atoms with Crippen molar-refractivity contribution in [1.29, 1.82) is 0 Å². The summed E-state index contributed by atoms with van der Waals surface area (Å²) in [4.78, 5) is 27.7. The molecule has 5 aromatic rings. The van der Waals surface area contributed by atoms with Crippen LogP contribution in [0.5, 0.6) is 0 Å². The maximum absolute atomic E-state index is 12.5. The number of halogens is 1. The predicted octanol–water partition coefficient (Wildman–Crippen LogP) is 7.28. The first-order valence-corrected chi connectivity index (χ1v) is 11.2. The second kappa shape index (κ2) is 9.52. The van der Waals surface area contributed by atoms with E-state index in [1.807, 2.05) is 19.1 Å². The number of anilines is 1. The van der Waals surface area contributed by atoms with Gasteiger partial charge in [-0.3, -0.25) is 14.9 Å². The number of para-hydroxylation sites is 1. The molecule has 0 fully saturated rings. The number of aryl methyl sites for hydroxylation is 1. The molecule has 2 aromatic heterocycles. The van der Waals surface area contributed by atoms with Gasteiger partial charge in [-0.15, -0.1) is 0 Å². The van der Waals surface area contributed by atoms with Crippen LogP contribution in [0, 0.1) is 17.0 Å². The highest BCUT2D eigenvalue weighted by Crippen LogP contribution is 2.31. The summed E-state index contributed by atoms with van der Waals surface area (Å²) in [6.45, 7) is 1.92. The van der Waals surface area contributed by atoms with E-state index in [0.29, 0.717) is 44.8 Å². The van der Waals surface area contributed by atoms with Crippen LogP contribution in [0.3, 0.4) is 0 Å². The molecule has 8 nitrogen and oxygen atoms in total. The first-order valence-electron chi connectivity index (χ1n) is 10.9. The third-order valence-electron chi connectivity index (χ3n) is 5.47. The normalized spacial score (nSPS) is 11.3. The molecule has 0 saturated carbocycles. The van der Waals surface area contributed by atoms with E-state index in [9.17, 15) is 14.9 Å². The molecule has 9 heteroatoms. The number of oxazole rings is 1. The second-order valence-corrected chi connectivity index (χ2v) is 8.37. The van der Waals surface area contributed by atoms with Crippen LogP contribution in [0.4, 0.5) is 11.4 Å². The molecule has 0 bridgehead atoms. The number of nitro benzene ring substituents is 1. The fourth-order valence-electron chi connectivity index (χ4n) is 3.62. The lowest BCUT2D eigenvalue weighted by atomic mass is 10.1. The number of carbonyl (C=O) groups excluding carboxylic acids is 1. The smallest absolute Gasteiger partial charge is 0.280 e. The number of rotatable bonds is 6. The minimum atomic E-state index is -0.467. The quantitative estimate of drug-likeness (QED) is 0.149. The van der Waals surface area contributed by atoms with Crippen molar-refractivity contribution in [2.45, 2.75) is 6.92 Å². The van der Waals surface area contributed by atoms with E-state index in [4.69, 9.17) is 20.4 Å². The van der Waals surface area contributed by atoms with Gasteiger partial charge in [0.2, 0.25) is 11.8 Å². The van der Waals surface area contributed by atoms with Crippen LogP contribution in [-0.4, -0.2) is 15.8 Å². The van der Waals surface area contributed by atoms with Gasteiger partial charge in [-0.25, -0.2) is 4.98 Å². The number of hydrogen-bond acceptors (Lipinski definition) is 6. The van der Waals surface area contributed by atoms with Gasteiger partial charge >= 0.3 is 0 Å². The van der Waals surface area contributed by atoms with Gasteiger partial charge in [-0.1, -0.05) is 29.8 Å². The summed E-state index contributed by atoms with van der Waals surface area (Å²) in [7, 11) is 0. The third kappa shape index (κ3) is 4.75. The maximum Gasteiger partial charge on any atom is 0.280 e. The molecule has 0 spiro atoms. The van der Waals surface area contributed by atoms with Crippen molar-refractivity contribution < 1.29 is 18.6 Å². The summed E-state index contributed by atoms with van der Waals surface area (Å²) >= 11 is 6.21. The molecule has 0 saturated heterocycles. The number of carbonyl (C=O) groups is 1. The van der Waals surface area contributed by atoms with E-state index in [1.165, 1.54) is 18.2 Å². The molecule has 0 radical (unpaired) electrons. The van der Waals surface area contributed by atoms with Gasteiger partial charge in [0, 0.05) is 28.4 Å². The molecule has 0 aliphatic carbocycles. The second-order valence-electron chi connectivity index (χ2n) is 7.96. The largest absolute Gasteiger partial charge is 0.456 e. The van der Waals surface area contributed by atoms with E-state index in [-0.39, 0.29) is 11.6 Å². The Kier molecular flexibility index (Phi) is 6.10. The summed E-state index contributed by atoms with van der Waals surface area (Å²) in [6, 6.07) is 20.3. The minimum Gasteiger partial charge on any atom is -0.456 e. The molecule has 1 N–H and O–H groups in total. The Labute approximate surface area is 210 Å². The fraction of sp³-hybridized carbons (Fsp3) is 0.0370. The molecular formula is C27H18ClN3O5. The van der Waals surface area contributed by atoms with E-state index >= 15 is 0 Å². The van der Waals surface area contributed by atoms with Crippen LogP contribution < -0.4 is 5.32 Å². The van der Waals surface area contributed by atoms with Crippen molar-refractivity contribution in [3.8, 4) is 22.8 Å². The summed E-state index contributed by atoms with van der Waals surface area (Å²) in [5.41, 5.74) is 3.73. The topological polar surface area (TPSA) is 111 Å². The summed E-state index contributed by atoms with van der Waals surface area (Å²) < 4.78 is 11.5. The monoisotopic (exact) mass is 499 g/mol. The van der Waals surface area contributed by atoms with Gasteiger partial charge in [0.05, 0.1) is 10.5 Å². The van der Waals surface area contributed by atoms with Crippen LogP contribution in [0.15, 0.2) is 87.7 Å². The number of fused-ring (bicyclic) bond motifs is 1. The van der Waals surface area contributed by atoms with Crippen molar-refractivity contribution in [2.75, 3.05) is 5.32 Å². The van der Waals surface area contributed by atoms with E-state index in [2.05, 4.69) is 10.3 Å². The Morgan fingerprint density at radius 3 is 2.69 bits per heavy atom. The number of nitro groups is 1. The molecule has 0 atom stereocenters. The Morgan fingerprint density at radius 1 is 1.06 bits per heavy atom. The van der Waals surface area contributed by atoms with E-state index < -0.39 is 4.92 Å². The van der Waals surface area contributed by atoms with Crippen LogP contribution in [-0.2, 0) is 4.79 Å². The Morgan fingerprint density at radius 2 is 1.89 bits per heavy atom. The zero-order valence-corrected chi connectivity index (χ0v) is 19.7. The number of amides is 1. The summed E-state index contributed by atoms with van der Waals surface area (Å²) in [5.74, 6) is 0.769. The van der Waals surface area contributed by atoms with Crippen molar-refractivity contribution in [2.24, 2.45) is 0 Å². The first-order chi connectivity index (χ1) is 17.4. The molecule has 5 rings (SSSR count). The van der Waals surface area contributed by atoms with Crippen molar-refractivity contribution in [3.05, 3.63) is 105 Å². The minimum absolute atomic E-state index is 0.0583. The Balaban J connectivity index is 1.29. The van der Waals surface area contributed by atoms with Gasteiger partial charge in [0.1, 0.15) is 17.0 Å². The SMILES string of the molecule is Cc1ccc(-c2nc3cc(NC(=O)C=Cc4ccc(-c5ccccc5[N+](=O)[O-])o4)ccc3o2)cc1Cl. The number of benzene rings is 3. The molecular weight excluding hydrogens is 482 g/mol. The highest BCUT2D eigenvalue weighted by Gasteiger charge is 2.17. The fourth-order valence-corrected chi connectivity index (χ4v) is 3.81. The highest BCUT2D eigenvalue weighted by molar-refractivity contribution is 6.31. The lowest BCUT2D eigenvalue weighted by Gasteiger charge is -2.01. The Bertz CT molecular complexity index is 1650. The zero-order chi connectivity index (χ0) is 25.2. The number of nitrogens with zero attached hydrogens (tertiary/aromatic N) is 2. The number of hydrogen-bond donors (Lipinski definition) is 1. The third-order valence-corrected chi connectivity index (χ3v) is 5.87. The van der Waals surface area contributed by atoms with Gasteiger partial charge in [0.25, 0.3) is 5.69 Å². The number of furan rings is 1. The van der Waals surface area contributed by atoms with Gasteiger partial charge in [-0.05, 0) is 67.1 Å². The average molecular weight is 500 g/mol. The summed E-state index contributed by atoms with van der Waals surface area (Å²) in [6.07, 6.45) is 2.80. The molecule has 0 aliphatic rings. The highest BCUT2D eigenvalue weighted by atomic mass is 35.5. The van der Waals surface area contributed by atoms with Crippen molar-refractivity contribution in [1.82, 2.24) is 4.98 Å². The average Bonchev–Trinajstić information content (AvgIpc) is 3.51. The van der Waals surface area contributed by atoms with Gasteiger partial charge < -0.3 is 14.2 Å². The first kappa shape index (κ1) is 23.1. The van der Waals surface area contributed by atoms with Crippen LogP contribution >= 0.6 is 11.6 Å². The maximum atomic E-state index is 12.5. The van der Waals surface area contributed by atoms with Crippen molar-refractivity contribution >= 4 is 46.1 Å². The predicted molar refractivity (Wildman–Crippen MR) is 138 cm³/mol. The van der Waals surface area contributed by atoms with E-state index in [1.54, 1.807) is 54.6 Å². The van der Waals surface area contributed by atoms with Gasteiger partial charge in [0.15, 0.2) is 5.58 Å². The molecule has 1 amide bonds. The molecule has 0 unspecified atom stereocenters. The molecule has 2 heterocycles. The molecule has 3 aromatic carbocycles. The Hall–Kier alpha value is -4.69. The standard InChI is InChI=1S/C27H18ClN3O5/c1-16-6-7-17(14-21(16)28)27-30-22-15-18(8-11-25(22)36-27)29-26(32)13-10-19-9-12-24(35-19)20-4-2-3-5-23(20)31(33)34/h2-15H,1H3,(H,29,32). The zero-order valence-electron chi connectivity index (χ0n) is 18.9. The van der Waals surface area contributed by atoms with Crippen LogP contribution in [0.1, 0.15) is 11.3 Å². The lowest BCUT2D eigenvalue weighted by molar-refractivity contribution is -0.384. The number of nitrogens with one attached hydrogen (secondary N) is 1. The van der Waals surface area contributed by atoms with Crippen LogP contribution in [0.2, 0.25) is 5.02 Å². The van der Waals surface area contributed by atoms with Crippen LogP contribution in [0.25, 0.3) is 40.0 Å². The van der Waals surface area contributed by atoms with E-state index in [0.717, 1.165) is 11.1 Å². The van der Waals surface area contributed by atoms with Gasteiger partial charge in [-0.2, -0.15) is 0 Å². The lowest BCUT2D eigenvalue weighted by Crippen LogP contribution is -2.07. The van der Waals surface area contributed by atoms with Crippen molar-refractivity contribution in [3.63, 3.8) is 0 Å². The molecule has 178 valence electrons. The number of aromatic nitrogens is 1.